The zero-order valence-electron chi connectivity index (χ0n) is 9.86. The molecule has 98 valence electrons. The quantitative estimate of drug-likeness (QED) is 0.708. The number of thiophene rings is 1. The monoisotopic (exact) mass is 323 g/mol. The molecule has 6 heteroatoms. The molecule has 0 aliphatic carbocycles. The van der Waals surface area contributed by atoms with Crippen molar-refractivity contribution in [2.24, 2.45) is 5.73 Å². The van der Waals surface area contributed by atoms with Gasteiger partial charge in [0.25, 0.3) is 0 Å². The molecule has 0 amide bonds. The summed E-state index contributed by atoms with van der Waals surface area (Å²) < 4.78 is 16.9. The van der Waals surface area contributed by atoms with Crippen LogP contribution in [0.3, 0.4) is 0 Å². The van der Waals surface area contributed by atoms with Crippen molar-refractivity contribution < 1.29 is 14.2 Å². The van der Waals surface area contributed by atoms with Gasteiger partial charge in [-0.05, 0) is 28.1 Å². The summed E-state index contributed by atoms with van der Waals surface area (Å²) in [6, 6.07) is 4.03. The Labute approximate surface area is 114 Å². The smallest absolute Gasteiger partial charge is 0.104 e. The molecular weight excluding hydrogens is 306 g/mol. The fourth-order valence-electron chi connectivity index (χ4n) is 1.26. The van der Waals surface area contributed by atoms with E-state index in [4.69, 9.17) is 19.9 Å². The van der Waals surface area contributed by atoms with Crippen LogP contribution in [0.2, 0.25) is 0 Å². The lowest BCUT2D eigenvalue weighted by Crippen LogP contribution is -2.17. The molecule has 1 atom stereocenters. The summed E-state index contributed by atoms with van der Waals surface area (Å²) in [5, 5.41) is 0. The first-order valence-electron chi connectivity index (χ1n) is 5.41. The third kappa shape index (κ3) is 5.94. The van der Waals surface area contributed by atoms with Gasteiger partial charge in [-0.25, -0.2) is 0 Å². The van der Waals surface area contributed by atoms with Gasteiger partial charge < -0.3 is 19.9 Å². The molecular formula is C11H18BrNO3S. The lowest BCUT2D eigenvalue weighted by molar-refractivity contribution is -0.00312. The maximum absolute atomic E-state index is 5.68. The van der Waals surface area contributed by atoms with E-state index in [0.29, 0.717) is 33.0 Å². The zero-order valence-corrected chi connectivity index (χ0v) is 12.3. The summed E-state index contributed by atoms with van der Waals surface area (Å²) in [4.78, 5) is 1.14. The number of ether oxygens (including phenoxy) is 3. The van der Waals surface area contributed by atoms with E-state index in [9.17, 15) is 0 Å². The number of methoxy groups -OCH3 is 1. The molecule has 0 fully saturated rings. The van der Waals surface area contributed by atoms with Gasteiger partial charge in [0.1, 0.15) is 6.10 Å². The molecule has 1 aromatic rings. The van der Waals surface area contributed by atoms with E-state index in [1.54, 1.807) is 18.4 Å². The van der Waals surface area contributed by atoms with E-state index >= 15 is 0 Å². The van der Waals surface area contributed by atoms with E-state index in [1.807, 2.05) is 12.1 Å². The normalized spacial score (nSPS) is 12.9. The van der Waals surface area contributed by atoms with E-state index in [1.165, 1.54) is 0 Å². The molecule has 1 aromatic heterocycles. The molecule has 0 aliphatic heterocycles. The topological polar surface area (TPSA) is 53.7 Å². The standard InChI is InChI=1S/C11H18BrNO3S/c1-14-4-5-15-6-7-16-9(8-13)10-2-3-11(12)17-10/h2-3,9H,4-8,13H2,1H3. The van der Waals surface area contributed by atoms with Gasteiger partial charge in [0, 0.05) is 18.5 Å². The predicted octanol–water partition coefficient (Wildman–Crippen LogP) is 2.19. The van der Waals surface area contributed by atoms with Gasteiger partial charge in [0.15, 0.2) is 0 Å². The van der Waals surface area contributed by atoms with Crippen molar-refractivity contribution in [3.63, 3.8) is 0 Å². The van der Waals surface area contributed by atoms with Crippen LogP contribution in [0.5, 0.6) is 0 Å². The maximum Gasteiger partial charge on any atom is 0.104 e. The number of rotatable bonds is 9. The summed E-state index contributed by atoms with van der Waals surface area (Å²) in [5.41, 5.74) is 5.68. The van der Waals surface area contributed by atoms with Crippen LogP contribution < -0.4 is 5.73 Å². The molecule has 1 rings (SSSR count). The number of halogens is 1. The van der Waals surface area contributed by atoms with Crippen LogP contribution in [0.1, 0.15) is 11.0 Å². The van der Waals surface area contributed by atoms with Crippen molar-refractivity contribution in [2.45, 2.75) is 6.10 Å². The molecule has 0 saturated carbocycles. The Morgan fingerprint density at radius 3 is 2.65 bits per heavy atom. The molecule has 0 aromatic carbocycles. The summed E-state index contributed by atoms with van der Waals surface area (Å²) in [6.07, 6.45) is -0.0441. The SMILES string of the molecule is COCCOCCOC(CN)c1ccc(Br)s1. The van der Waals surface area contributed by atoms with Crippen molar-refractivity contribution in [3.8, 4) is 0 Å². The summed E-state index contributed by atoms with van der Waals surface area (Å²) in [6.45, 7) is 2.79. The van der Waals surface area contributed by atoms with Crippen molar-refractivity contribution in [1.29, 1.82) is 0 Å². The van der Waals surface area contributed by atoms with E-state index < -0.39 is 0 Å². The van der Waals surface area contributed by atoms with E-state index in [-0.39, 0.29) is 6.10 Å². The lowest BCUT2D eigenvalue weighted by Gasteiger charge is -2.14. The second kappa shape index (κ2) is 9.02. The number of nitrogens with two attached hydrogens (primary N) is 1. The van der Waals surface area contributed by atoms with Gasteiger partial charge in [0.05, 0.1) is 30.2 Å². The minimum absolute atomic E-state index is 0.0441. The minimum atomic E-state index is -0.0441. The highest BCUT2D eigenvalue weighted by molar-refractivity contribution is 9.11. The largest absolute Gasteiger partial charge is 0.382 e. The third-order valence-electron chi connectivity index (χ3n) is 2.10. The van der Waals surface area contributed by atoms with Crippen molar-refractivity contribution in [2.75, 3.05) is 40.1 Å². The van der Waals surface area contributed by atoms with Gasteiger partial charge in [-0.15, -0.1) is 11.3 Å². The Morgan fingerprint density at radius 1 is 1.29 bits per heavy atom. The van der Waals surface area contributed by atoms with Crippen LogP contribution in [0.4, 0.5) is 0 Å². The second-order valence-corrected chi connectivity index (χ2v) is 5.84. The molecule has 0 radical (unpaired) electrons. The first kappa shape index (κ1) is 15.1. The van der Waals surface area contributed by atoms with Gasteiger partial charge in [-0.2, -0.15) is 0 Å². The van der Waals surface area contributed by atoms with Crippen LogP contribution in [-0.2, 0) is 14.2 Å². The van der Waals surface area contributed by atoms with Crippen LogP contribution in [0, 0.1) is 0 Å². The van der Waals surface area contributed by atoms with Crippen LogP contribution in [0.15, 0.2) is 15.9 Å². The van der Waals surface area contributed by atoms with Crippen molar-refractivity contribution in [1.82, 2.24) is 0 Å². The first-order valence-corrected chi connectivity index (χ1v) is 7.02. The Balaban J connectivity index is 2.19. The molecule has 0 saturated heterocycles. The van der Waals surface area contributed by atoms with Crippen LogP contribution >= 0.6 is 27.3 Å². The predicted molar refractivity (Wildman–Crippen MR) is 72.5 cm³/mol. The Kier molecular flexibility index (Phi) is 8.00. The number of hydrogen-bond acceptors (Lipinski definition) is 5. The molecule has 17 heavy (non-hydrogen) atoms. The highest BCUT2D eigenvalue weighted by atomic mass is 79.9. The summed E-state index contributed by atoms with van der Waals surface area (Å²) >= 11 is 5.07. The molecule has 0 bridgehead atoms. The second-order valence-electron chi connectivity index (χ2n) is 3.34. The first-order chi connectivity index (χ1) is 8.27. The summed E-state index contributed by atoms with van der Waals surface area (Å²) in [5.74, 6) is 0. The molecule has 0 aliphatic rings. The molecule has 1 unspecified atom stereocenters. The van der Waals surface area contributed by atoms with Gasteiger partial charge >= 0.3 is 0 Å². The fourth-order valence-corrected chi connectivity index (χ4v) is 2.75. The Morgan fingerprint density at radius 2 is 2.06 bits per heavy atom. The highest BCUT2D eigenvalue weighted by Gasteiger charge is 2.12. The third-order valence-corrected chi connectivity index (χ3v) is 3.82. The minimum Gasteiger partial charge on any atom is -0.382 e. The average Bonchev–Trinajstić information content (AvgIpc) is 2.75. The molecule has 2 N–H and O–H groups in total. The summed E-state index contributed by atoms with van der Waals surface area (Å²) in [7, 11) is 1.65. The zero-order chi connectivity index (χ0) is 12.5. The van der Waals surface area contributed by atoms with Gasteiger partial charge in [-0.1, -0.05) is 0 Å². The van der Waals surface area contributed by atoms with Crippen LogP contribution in [-0.4, -0.2) is 40.1 Å². The Bertz CT molecular complexity index is 309. The molecule has 0 spiro atoms. The van der Waals surface area contributed by atoms with Gasteiger partial charge in [0.2, 0.25) is 0 Å². The Hall–Kier alpha value is 0.0200. The van der Waals surface area contributed by atoms with E-state index in [2.05, 4.69) is 15.9 Å². The molecule has 1 heterocycles. The number of hydrogen-bond donors (Lipinski definition) is 1. The average molecular weight is 324 g/mol. The maximum atomic E-state index is 5.68. The fraction of sp³-hybridized carbons (Fsp3) is 0.636. The molecule has 4 nitrogen and oxygen atoms in total. The van der Waals surface area contributed by atoms with Crippen LogP contribution in [0.25, 0.3) is 0 Å². The van der Waals surface area contributed by atoms with Gasteiger partial charge in [-0.3, -0.25) is 0 Å². The van der Waals surface area contributed by atoms with Crippen molar-refractivity contribution >= 4 is 27.3 Å². The van der Waals surface area contributed by atoms with Crippen molar-refractivity contribution in [3.05, 3.63) is 20.8 Å². The van der Waals surface area contributed by atoms with E-state index in [0.717, 1.165) is 8.66 Å². The highest BCUT2D eigenvalue weighted by Crippen LogP contribution is 2.28. The lowest BCUT2D eigenvalue weighted by atomic mass is 10.3.